The molecule has 1 saturated carbocycles. The predicted molar refractivity (Wildman–Crippen MR) is 87.4 cm³/mol. The fourth-order valence-electron chi connectivity index (χ4n) is 3.17. The number of rotatable bonds is 5. The van der Waals surface area contributed by atoms with Gasteiger partial charge in [0.25, 0.3) is 0 Å². The molecule has 5 heteroatoms. The summed E-state index contributed by atoms with van der Waals surface area (Å²) in [4.78, 5) is 0.420. The number of nitrogens with zero attached hydrogens (tertiary/aromatic N) is 1. The molecule has 0 atom stereocenters. The van der Waals surface area contributed by atoms with Crippen molar-refractivity contribution in [3.8, 4) is 0 Å². The van der Waals surface area contributed by atoms with Crippen LogP contribution in [0.3, 0.4) is 0 Å². The van der Waals surface area contributed by atoms with Gasteiger partial charge in [-0.3, -0.25) is 0 Å². The summed E-state index contributed by atoms with van der Waals surface area (Å²) >= 11 is 5.87. The Morgan fingerprint density at radius 1 is 1.19 bits per heavy atom. The summed E-state index contributed by atoms with van der Waals surface area (Å²) in [5.74, 6) is 0.334. The van der Waals surface area contributed by atoms with Gasteiger partial charge in [-0.15, -0.1) is 11.6 Å². The Bertz CT molecular complexity index is 580. The molecule has 1 aliphatic rings. The Hall–Kier alpha value is -0.580. The molecule has 1 aliphatic carbocycles. The zero-order valence-electron chi connectivity index (χ0n) is 12.8. The van der Waals surface area contributed by atoms with E-state index in [1.807, 2.05) is 26.0 Å². The third-order valence-electron chi connectivity index (χ3n) is 4.20. The van der Waals surface area contributed by atoms with E-state index in [4.69, 9.17) is 11.6 Å². The van der Waals surface area contributed by atoms with Gasteiger partial charge in [0.15, 0.2) is 0 Å². The molecule has 3 nitrogen and oxygen atoms in total. The van der Waals surface area contributed by atoms with Crippen molar-refractivity contribution < 1.29 is 8.42 Å². The van der Waals surface area contributed by atoms with Crippen molar-refractivity contribution in [1.82, 2.24) is 4.31 Å². The Morgan fingerprint density at radius 2 is 1.86 bits per heavy atom. The Labute approximate surface area is 133 Å². The summed E-state index contributed by atoms with van der Waals surface area (Å²) in [6, 6.07) is 5.61. The van der Waals surface area contributed by atoms with Crippen LogP contribution in [-0.4, -0.2) is 31.2 Å². The molecule has 1 aromatic rings. The maximum atomic E-state index is 13.0. The molecule has 0 aliphatic heterocycles. The fourth-order valence-corrected chi connectivity index (χ4v) is 5.34. The molecule has 0 spiro atoms. The maximum absolute atomic E-state index is 13.0. The van der Waals surface area contributed by atoms with Crippen LogP contribution >= 0.6 is 11.6 Å². The second-order valence-electron chi connectivity index (χ2n) is 5.87. The van der Waals surface area contributed by atoms with Crippen LogP contribution in [0.5, 0.6) is 0 Å². The normalized spacial score (nSPS) is 17.3. The first kappa shape index (κ1) is 16.8. The average molecular weight is 330 g/mol. The Kier molecular flexibility index (Phi) is 5.69. The summed E-state index contributed by atoms with van der Waals surface area (Å²) in [6.07, 6.45) is 5.30. The number of benzene rings is 1. The molecule has 0 unspecified atom stereocenters. The van der Waals surface area contributed by atoms with Crippen molar-refractivity contribution in [3.63, 3.8) is 0 Å². The number of alkyl halides is 1. The van der Waals surface area contributed by atoms with Crippen molar-refractivity contribution in [3.05, 3.63) is 29.3 Å². The monoisotopic (exact) mass is 329 g/mol. The largest absolute Gasteiger partial charge is 0.243 e. The van der Waals surface area contributed by atoms with Gasteiger partial charge in [0, 0.05) is 18.5 Å². The van der Waals surface area contributed by atoms with Crippen LogP contribution in [-0.2, 0) is 10.0 Å². The molecule has 0 saturated heterocycles. The van der Waals surface area contributed by atoms with E-state index in [1.165, 1.54) is 6.42 Å². The van der Waals surface area contributed by atoms with E-state index in [1.54, 1.807) is 10.4 Å². The molecule has 0 aromatic heterocycles. The van der Waals surface area contributed by atoms with Gasteiger partial charge in [-0.25, -0.2) is 8.42 Å². The van der Waals surface area contributed by atoms with E-state index in [9.17, 15) is 8.42 Å². The highest BCUT2D eigenvalue weighted by Gasteiger charge is 2.32. The third-order valence-corrected chi connectivity index (χ3v) is 6.49. The topological polar surface area (TPSA) is 37.4 Å². The molecule has 118 valence electrons. The first-order chi connectivity index (χ1) is 9.96. The standard InChI is InChI=1S/C16H24ClNO2S/c1-13-8-9-16(14(2)12-13)21(19,20)18(11-10-17)15-6-4-3-5-7-15/h8-9,12,15H,3-7,10-11H2,1-2H3. The number of halogens is 1. The van der Waals surface area contributed by atoms with Gasteiger partial charge in [0.1, 0.15) is 0 Å². The third kappa shape index (κ3) is 3.79. The number of hydrogen-bond acceptors (Lipinski definition) is 2. The molecule has 1 aromatic carbocycles. The number of aryl methyl sites for hydroxylation is 2. The van der Waals surface area contributed by atoms with Crippen molar-refractivity contribution in [2.24, 2.45) is 0 Å². The lowest BCUT2D eigenvalue weighted by Gasteiger charge is -2.33. The summed E-state index contributed by atoms with van der Waals surface area (Å²) in [7, 11) is -3.46. The minimum Gasteiger partial charge on any atom is -0.207 e. The van der Waals surface area contributed by atoms with E-state index < -0.39 is 10.0 Å². The van der Waals surface area contributed by atoms with Gasteiger partial charge in [-0.2, -0.15) is 4.31 Å². The predicted octanol–water partition coefficient (Wildman–Crippen LogP) is 3.87. The smallest absolute Gasteiger partial charge is 0.207 e. The minimum atomic E-state index is -3.46. The van der Waals surface area contributed by atoms with E-state index in [0.717, 1.165) is 36.8 Å². The molecule has 0 heterocycles. The number of sulfonamides is 1. The first-order valence-corrected chi connectivity index (χ1v) is 9.59. The van der Waals surface area contributed by atoms with Gasteiger partial charge >= 0.3 is 0 Å². The van der Waals surface area contributed by atoms with Gasteiger partial charge in [0.05, 0.1) is 4.90 Å². The van der Waals surface area contributed by atoms with Crippen molar-refractivity contribution in [1.29, 1.82) is 0 Å². The summed E-state index contributed by atoms with van der Waals surface area (Å²) < 4.78 is 27.7. The molecule has 0 N–H and O–H groups in total. The highest BCUT2D eigenvalue weighted by atomic mass is 35.5. The lowest BCUT2D eigenvalue weighted by atomic mass is 9.95. The van der Waals surface area contributed by atoms with E-state index in [2.05, 4.69) is 0 Å². The SMILES string of the molecule is Cc1ccc(S(=O)(=O)N(CCCl)C2CCCCC2)c(C)c1. The Balaban J connectivity index is 2.36. The lowest BCUT2D eigenvalue weighted by Crippen LogP contribution is -2.42. The van der Waals surface area contributed by atoms with Crippen LogP contribution in [0.25, 0.3) is 0 Å². The second-order valence-corrected chi connectivity index (χ2v) is 8.10. The van der Waals surface area contributed by atoms with E-state index >= 15 is 0 Å². The minimum absolute atomic E-state index is 0.100. The number of hydrogen-bond donors (Lipinski definition) is 0. The van der Waals surface area contributed by atoms with Crippen molar-refractivity contribution >= 4 is 21.6 Å². The summed E-state index contributed by atoms with van der Waals surface area (Å²) in [5.41, 5.74) is 1.89. The quantitative estimate of drug-likeness (QED) is 0.769. The van der Waals surface area contributed by atoms with Crippen LogP contribution in [0.2, 0.25) is 0 Å². The van der Waals surface area contributed by atoms with E-state index in [0.29, 0.717) is 17.3 Å². The highest BCUT2D eigenvalue weighted by molar-refractivity contribution is 7.89. The molecule has 21 heavy (non-hydrogen) atoms. The Morgan fingerprint density at radius 3 is 2.43 bits per heavy atom. The zero-order valence-corrected chi connectivity index (χ0v) is 14.4. The summed E-state index contributed by atoms with van der Waals surface area (Å²) in [6.45, 7) is 4.22. The second kappa shape index (κ2) is 7.12. The highest BCUT2D eigenvalue weighted by Crippen LogP contribution is 2.29. The molecule has 0 bridgehead atoms. The van der Waals surface area contributed by atoms with Gasteiger partial charge < -0.3 is 0 Å². The molecule has 0 amide bonds. The fraction of sp³-hybridized carbons (Fsp3) is 0.625. The van der Waals surface area contributed by atoms with Gasteiger partial charge in [-0.05, 0) is 38.3 Å². The van der Waals surface area contributed by atoms with Crippen LogP contribution in [0.15, 0.2) is 23.1 Å². The van der Waals surface area contributed by atoms with Crippen molar-refractivity contribution in [2.75, 3.05) is 12.4 Å². The molecular weight excluding hydrogens is 306 g/mol. The maximum Gasteiger partial charge on any atom is 0.243 e. The molecular formula is C16H24ClNO2S. The zero-order chi connectivity index (χ0) is 15.5. The summed E-state index contributed by atoms with van der Waals surface area (Å²) in [5, 5.41) is 0. The van der Waals surface area contributed by atoms with Gasteiger partial charge in [0.2, 0.25) is 10.0 Å². The average Bonchev–Trinajstić information content (AvgIpc) is 2.45. The molecule has 0 radical (unpaired) electrons. The van der Waals surface area contributed by atoms with Gasteiger partial charge in [-0.1, -0.05) is 37.0 Å². The van der Waals surface area contributed by atoms with Crippen LogP contribution in [0, 0.1) is 13.8 Å². The first-order valence-electron chi connectivity index (χ1n) is 7.62. The van der Waals surface area contributed by atoms with Crippen LogP contribution in [0.4, 0.5) is 0 Å². The van der Waals surface area contributed by atoms with Crippen LogP contribution < -0.4 is 0 Å². The lowest BCUT2D eigenvalue weighted by molar-refractivity contribution is 0.262. The van der Waals surface area contributed by atoms with Crippen LogP contribution in [0.1, 0.15) is 43.2 Å². The molecule has 2 rings (SSSR count). The van der Waals surface area contributed by atoms with E-state index in [-0.39, 0.29) is 6.04 Å². The molecule has 1 fully saturated rings. The van der Waals surface area contributed by atoms with Crippen molar-refractivity contribution in [2.45, 2.75) is 56.9 Å².